The molecule has 0 heterocycles. The molecule has 64 valence electrons. The van der Waals surface area contributed by atoms with E-state index in [1.54, 1.807) is 18.2 Å². The molecule has 0 bridgehead atoms. The summed E-state index contributed by atoms with van der Waals surface area (Å²) < 4.78 is 12.7. The summed E-state index contributed by atoms with van der Waals surface area (Å²) in [5.74, 6) is 0.0941. The topological polar surface area (TPSA) is 17.1 Å². The third-order valence-corrected chi connectivity index (χ3v) is 1.55. The number of carbonyl (C=O) groups is 1. The van der Waals surface area contributed by atoms with Gasteiger partial charge in [-0.05, 0) is 24.6 Å². The van der Waals surface area contributed by atoms with E-state index in [0.717, 1.165) is 5.57 Å². The van der Waals surface area contributed by atoms with Gasteiger partial charge in [0.25, 0.3) is 0 Å². The summed E-state index contributed by atoms with van der Waals surface area (Å²) in [5, 5.41) is 0. The molecule has 1 nitrogen and oxygen atoms in total. The van der Waals surface area contributed by atoms with Gasteiger partial charge in [0.2, 0.25) is 0 Å². The molecular formula is C10H11FO. The van der Waals surface area contributed by atoms with Crippen molar-refractivity contribution < 1.29 is 9.18 Å². The zero-order valence-corrected chi connectivity index (χ0v) is 6.96. The fraction of sp³-hybridized carbons (Fsp3) is 0.300. The van der Waals surface area contributed by atoms with Gasteiger partial charge >= 0.3 is 0 Å². The van der Waals surface area contributed by atoms with Crippen molar-refractivity contribution in [1.82, 2.24) is 0 Å². The summed E-state index contributed by atoms with van der Waals surface area (Å²) >= 11 is 0. The monoisotopic (exact) mass is 166 g/mol. The normalized spacial score (nSPS) is 21.8. The number of carbonyl (C=O) groups excluding carboxylic acids is 1. The number of hydrogen-bond acceptors (Lipinski definition) is 1. The van der Waals surface area contributed by atoms with Crippen molar-refractivity contribution in [3.05, 3.63) is 36.0 Å². The Morgan fingerprint density at radius 2 is 2.33 bits per heavy atom. The minimum Gasteiger partial charge on any atom is -0.300 e. The van der Waals surface area contributed by atoms with Crippen LogP contribution in [0.25, 0.3) is 0 Å². The van der Waals surface area contributed by atoms with Crippen LogP contribution in [-0.2, 0) is 4.79 Å². The lowest BCUT2D eigenvalue weighted by molar-refractivity contribution is -0.116. The first kappa shape index (κ1) is 8.91. The molecule has 1 rings (SSSR count). The van der Waals surface area contributed by atoms with E-state index in [2.05, 4.69) is 0 Å². The lowest BCUT2D eigenvalue weighted by atomic mass is 10.1. The molecular weight excluding hydrogens is 155 g/mol. The minimum atomic E-state index is -1.02. The van der Waals surface area contributed by atoms with Gasteiger partial charge in [-0.1, -0.05) is 18.2 Å². The van der Waals surface area contributed by atoms with Crippen LogP contribution in [0.3, 0.4) is 0 Å². The maximum atomic E-state index is 12.7. The summed E-state index contributed by atoms with van der Waals surface area (Å²) in [4.78, 5) is 10.7. The van der Waals surface area contributed by atoms with Crippen LogP contribution in [0.15, 0.2) is 36.0 Å². The van der Waals surface area contributed by atoms with Crippen molar-refractivity contribution >= 4 is 5.78 Å². The van der Waals surface area contributed by atoms with Crippen LogP contribution in [0.5, 0.6) is 0 Å². The van der Waals surface area contributed by atoms with Crippen LogP contribution in [0.1, 0.15) is 13.3 Å². The van der Waals surface area contributed by atoms with Gasteiger partial charge < -0.3 is 0 Å². The molecule has 2 heteroatoms. The van der Waals surface area contributed by atoms with Crippen molar-refractivity contribution in [3.63, 3.8) is 0 Å². The van der Waals surface area contributed by atoms with Crippen molar-refractivity contribution in [1.29, 1.82) is 0 Å². The number of halogens is 1. The highest BCUT2D eigenvalue weighted by Gasteiger charge is 2.01. The second-order valence-corrected chi connectivity index (χ2v) is 2.81. The van der Waals surface area contributed by atoms with Gasteiger partial charge in [-0.25, -0.2) is 4.39 Å². The number of allylic oxidation sites excluding steroid dienone is 6. The second kappa shape index (κ2) is 4.00. The fourth-order valence-electron chi connectivity index (χ4n) is 1.03. The van der Waals surface area contributed by atoms with Crippen molar-refractivity contribution in [3.8, 4) is 0 Å². The third-order valence-electron chi connectivity index (χ3n) is 1.55. The van der Waals surface area contributed by atoms with Gasteiger partial charge in [0.05, 0.1) is 0 Å². The van der Waals surface area contributed by atoms with Crippen LogP contribution in [0.4, 0.5) is 4.39 Å². The Labute approximate surface area is 71.3 Å². The molecule has 0 aromatic carbocycles. The van der Waals surface area contributed by atoms with E-state index >= 15 is 0 Å². The standard InChI is InChI=1S/C10H11FO/c1-8(12)7-9-3-2-4-10(11)6-5-9/h2-6,10H,7H2,1H3. The van der Waals surface area contributed by atoms with Crippen molar-refractivity contribution in [2.24, 2.45) is 0 Å². The van der Waals surface area contributed by atoms with E-state index in [1.165, 1.54) is 19.1 Å². The van der Waals surface area contributed by atoms with Crippen molar-refractivity contribution in [2.45, 2.75) is 19.5 Å². The zero-order chi connectivity index (χ0) is 8.97. The van der Waals surface area contributed by atoms with Crippen LogP contribution in [0.2, 0.25) is 0 Å². The van der Waals surface area contributed by atoms with Crippen molar-refractivity contribution in [2.75, 3.05) is 0 Å². The smallest absolute Gasteiger partial charge is 0.137 e. The predicted octanol–water partition coefficient (Wildman–Crippen LogP) is 2.36. The van der Waals surface area contributed by atoms with Crippen LogP contribution in [0, 0.1) is 0 Å². The average Bonchev–Trinajstić information content (AvgIpc) is 2.15. The maximum Gasteiger partial charge on any atom is 0.137 e. The first-order valence-corrected chi connectivity index (χ1v) is 3.87. The molecule has 1 aliphatic rings. The molecule has 0 saturated carbocycles. The van der Waals surface area contributed by atoms with Crippen LogP contribution < -0.4 is 0 Å². The Kier molecular flexibility index (Phi) is 2.97. The van der Waals surface area contributed by atoms with Crippen LogP contribution in [-0.4, -0.2) is 12.0 Å². The number of hydrogen-bond donors (Lipinski definition) is 0. The highest BCUT2D eigenvalue weighted by atomic mass is 19.1. The first-order valence-electron chi connectivity index (χ1n) is 3.87. The number of ketones is 1. The predicted molar refractivity (Wildman–Crippen MR) is 46.6 cm³/mol. The molecule has 1 aliphatic carbocycles. The molecule has 0 N–H and O–H groups in total. The summed E-state index contributed by atoms with van der Waals surface area (Å²) in [6.45, 7) is 1.52. The Morgan fingerprint density at radius 1 is 1.58 bits per heavy atom. The third kappa shape index (κ3) is 2.82. The lowest BCUT2D eigenvalue weighted by Gasteiger charge is -1.94. The van der Waals surface area contributed by atoms with E-state index in [1.807, 2.05) is 0 Å². The molecule has 0 fully saturated rings. The lowest BCUT2D eigenvalue weighted by Crippen LogP contribution is -1.91. The Morgan fingerprint density at radius 3 is 3.00 bits per heavy atom. The maximum absolute atomic E-state index is 12.7. The van der Waals surface area contributed by atoms with Gasteiger partial charge in [-0.15, -0.1) is 0 Å². The summed E-state index contributed by atoms with van der Waals surface area (Å²) in [7, 11) is 0. The highest BCUT2D eigenvalue weighted by Crippen LogP contribution is 2.10. The summed E-state index contributed by atoms with van der Waals surface area (Å²) in [6, 6.07) is 0. The largest absolute Gasteiger partial charge is 0.300 e. The minimum absolute atomic E-state index is 0.0941. The van der Waals surface area contributed by atoms with Gasteiger partial charge in [-0.3, -0.25) is 4.79 Å². The number of Topliss-reactive ketones (excluding diaryl/α,β-unsaturated/α-hetero) is 1. The molecule has 0 aliphatic heterocycles. The Balaban J connectivity index is 2.67. The molecule has 0 saturated heterocycles. The average molecular weight is 166 g/mol. The Hall–Kier alpha value is -1.18. The molecule has 0 aromatic rings. The Bertz CT molecular complexity index is 261. The van der Waals surface area contributed by atoms with Gasteiger partial charge in [0.1, 0.15) is 12.0 Å². The van der Waals surface area contributed by atoms with Gasteiger partial charge in [0.15, 0.2) is 0 Å². The molecule has 0 aromatic heterocycles. The van der Waals surface area contributed by atoms with Crippen LogP contribution >= 0.6 is 0 Å². The van der Waals surface area contributed by atoms with E-state index in [4.69, 9.17) is 0 Å². The van der Waals surface area contributed by atoms with Gasteiger partial charge in [-0.2, -0.15) is 0 Å². The van der Waals surface area contributed by atoms with Gasteiger partial charge in [0, 0.05) is 6.42 Å². The first-order chi connectivity index (χ1) is 5.68. The molecule has 1 atom stereocenters. The molecule has 0 spiro atoms. The quantitative estimate of drug-likeness (QED) is 0.615. The zero-order valence-electron chi connectivity index (χ0n) is 6.96. The van der Waals surface area contributed by atoms with E-state index in [0.29, 0.717) is 6.42 Å². The SMILES string of the molecule is CC(=O)CC1=CC=CC(F)C=C1. The summed E-state index contributed by atoms with van der Waals surface area (Å²) in [6.07, 6.45) is 7.31. The van der Waals surface area contributed by atoms with E-state index in [9.17, 15) is 9.18 Å². The van der Waals surface area contributed by atoms with E-state index in [-0.39, 0.29) is 5.78 Å². The summed E-state index contributed by atoms with van der Waals surface area (Å²) in [5.41, 5.74) is 0.860. The number of rotatable bonds is 2. The number of alkyl halides is 1. The second-order valence-electron chi connectivity index (χ2n) is 2.81. The molecule has 12 heavy (non-hydrogen) atoms. The molecule has 0 amide bonds. The molecule has 1 unspecified atom stereocenters. The van der Waals surface area contributed by atoms with E-state index < -0.39 is 6.17 Å². The fourth-order valence-corrected chi connectivity index (χ4v) is 1.03. The highest BCUT2D eigenvalue weighted by molar-refractivity contribution is 5.78. The molecule has 0 radical (unpaired) electrons.